The third-order valence-electron chi connectivity index (χ3n) is 7.50. The van der Waals surface area contributed by atoms with E-state index in [0.29, 0.717) is 31.0 Å². The number of likely N-dealkylation sites (tertiary alicyclic amines) is 1. The molecule has 1 amide bonds. The minimum atomic E-state index is -0.668. The van der Waals surface area contributed by atoms with E-state index in [4.69, 9.17) is 0 Å². The number of rotatable bonds is 5. The van der Waals surface area contributed by atoms with Gasteiger partial charge in [-0.1, -0.05) is 30.3 Å². The van der Waals surface area contributed by atoms with E-state index in [1.54, 1.807) is 21.8 Å². The van der Waals surface area contributed by atoms with Gasteiger partial charge in [0, 0.05) is 43.1 Å². The van der Waals surface area contributed by atoms with Crippen molar-refractivity contribution in [1.82, 2.24) is 14.7 Å². The third kappa shape index (κ3) is 3.30. The standard InChI is InChI=1S/C26H27FN4O2/c1-29-14-20(13-28-29)18-8-9-19(22(27)12-18)15-31-23-5-3-2-4-21(23)26(25(31)33)10-11-30(16-26)24(32)17-6-7-17/h2-5,8-9,12-14,17,24,32H,6-7,10-11,15-16H2,1H3. The second kappa shape index (κ2) is 7.50. The Labute approximate surface area is 192 Å². The molecule has 6 rings (SSSR count). The van der Waals surface area contributed by atoms with Crippen molar-refractivity contribution in [2.45, 2.75) is 37.5 Å². The number of aromatic nitrogens is 2. The third-order valence-corrected chi connectivity index (χ3v) is 7.50. The highest BCUT2D eigenvalue weighted by Crippen LogP contribution is 2.49. The molecule has 3 heterocycles. The van der Waals surface area contributed by atoms with Crippen molar-refractivity contribution >= 4 is 11.6 Å². The Morgan fingerprint density at radius 1 is 1.21 bits per heavy atom. The number of carbonyl (C=O) groups is 1. The van der Waals surface area contributed by atoms with Crippen LogP contribution in [0.3, 0.4) is 0 Å². The van der Waals surface area contributed by atoms with E-state index < -0.39 is 11.6 Å². The van der Waals surface area contributed by atoms with Crippen molar-refractivity contribution in [3.05, 3.63) is 71.8 Å². The fourth-order valence-electron chi connectivity index (χ4n) is 5.50. The zero-order valence-electron chi connectivity index (χ0n) is 18.6. The summed E-state index contributed by atoms with van der Waals surface area (Å²) >= 11 is 0. The van der Waals surface area contributed by atoms with Gasteiger partial charge in [0.05, 0.1) is 18.2 Å². The van der Waals surface area contributed by atoms with Crippen LogP contribution in [0.1, 0.15) is 30.4 Å². The first-order valence-corrected chi connectivity index (χ1v) is 11.6. The van der Waals surface area contributed by atoms with Crippen LogP contribution in [-0.2, 0) is 23.8 Å². The van der Waals surface area contributed by atoms with Crippen LogP contribution in [-0.4, -0.2) is 45.0 Å². The number of amides is 1. The highest BCUT2D eigenvalue weighted by molar-refractivity contribution is 6.08. The number of benzene rings is 2. The topological polar surface area (TPSA) is 61.6 Å². The summed E-state index contributed by atoms with van der Waals surface area (Å²) in [6.45, 7) is 1.39. The van der Waals surface area contributed by atoms with Crippen LogP contribution < -0.4 is 4.90 Å². The van der Waals surface area contributed by atoms with E-state index >= 15 is 4.39 Å². The van der Waals surface area contributed by atoms with Gasteiger partial charge in [-0.15, -0.1) is 0 Å². The monoisotopic (exact) mass is 446 g/mol. The Morgan fingerprint density at radius 3 is 2.76 bits per heavy atom. The summed E-state index contributed by atoms with van der Waals surface area (Å²) in [5, 5.41) is 14.8. The number of carbonyl (C=O) groups excluding carboxylic acids is 1. The molecule has 1 aliphatic carbocycles. The van der Waals surface area contributed by atoms with Gasteiger partial charge in [-0.2, -0.15) is 5.10 Å². The molecule has 2 unspecified atom stereocenters. The lowest BCUT2D eigenvalue weighted by Gasteiger charge is -2.27. The average Bonchev–Trinajstić information content (AvgIpc) is 3.35. The van der Waals surface area contributed by atoms with Gasteiger partial charge in [-0.25, -0.2) is 4.39 Å². The van der Waals surface area contributed by atoms with Crippen LogP contribution in [0.5, 0.6) is 0 Å². The summed E-state index contributed by atoms with van der Waals surface area (Å²) in [5.41, 5.74) is 3.27. The first-order chi connectivity index (χ1) is 16.0. The summed E-state index contributed by atoms with van der Waals surface area (Å²) in [6, 6.07) is 13.0. The lowest BCUT2D eigenvalue weighted by atomic mass is 9.81. The molecule has 1 N–H and O–H groups in total. The maximum absolute atomic E-state index is 15.1. The molecule has 1 saturated carbocycles. The van der Waals surface area contributed by atoms with E-state index in [1.807, 2.05) is 43.6 Å². The summed E-state index contributed by atoms with van der Waals surface area (Å²) in [7, 11) is 1.83. The van der Waals surface area contributed by atoms with E-state index in [2.05, 4.69) is 10.00 Å². The molecule has 7 heteroatoms. The van der Waals surface area contributed by atoms with Crippen molar-refractivity contribution in [2.75, 3.05) is 18.0 Å². The molecule has 2 fully saturated rings. The molecular formula is C26H27FN4O2. The van der Waals surface area contributed by atoms with E-state index in [-0.39, 0.29) is 18.3 Å². The first kappa shape index (κ1) is 20.6. The molecule has 33 heavy (non-hydrogen) atoms. The number of nitrogens with zero attached hydrogens (tertiary/aromatic N) is 4. The highest BCUT2D eigenvalue weighted by atomic mass is 19.1. The number of hydrogen-bond donors (Lipinski definition) is 1. The molecule has 1 spiro atoms. The van der Waals surface area contributed by atoms with Crippen LogP contribution >= 0.6 is 0 Å². The number of fused-ring (bicyclic) bond motifs is 2. The molecule has 3 aliphatic rings. The highest BCUT2D eigenvalue weighted by Gasteiger charge is 2.55. The van der Waals surface area contributed by atoms with Gasteiger partial charge < -0.3 is 10.0 Å². The van der Waals surface area contributed by atoms with E-state index in [9.17, 15) is 9.90 Å². The lowest BCUT2D eigenvalue weighted by molar-refractivity contribution is -0.123. The van der Waals surface area contributed by atoms with Crippen LogP contribution in [0.4, 0.5) is 10.1 Å². The first-order valence-electron chi connectivity index (χ1n) is 11.6. The quantitative estimate of drug-likeness (QED) is 0.652. The van der Waals surface area contributed by atoms with Crippen LogP contribution in [0.2, 0.25) is 0 Å². The van der Waals surface area contributed by atoms with Crippen molar-refractivity contribution in [1.29, 1.82) is 0 Å². The minimum absolute atomic E-state index is 0.00457. The zero-order valence-corrected chi connectivity index (χ0v) is 18.6. The summed E-state index contributed by atoms with van der Waals surface area (Å²) in [6.07, 6.45) is 5.85. The van der Waals surface area contributed by atoms with Crippen LogP contribution in [0.25, 0.3) is 11.1 Å². The second-order valence-electron chi connectivity index (χ2n) is 9.67. The molecule has 3 aromatic rings. The summed E-state index contributed by atoms with van der Waals surface area (Å²) in [4.78, 5) is 17.6. The fraction of sp³-hybridized carbons (Fsp3) is 0.385. The minimum Gasteiger partial charge on any atom is -0.378 e. The normalized spacial score (nSPS) is 23.5. The van der Waals surface area contributed by atoms with Crippen molar-refractivity contribution < 1.29 is 14.3 Å². The maximum Gasteiger partial charge on any atom is 0.239 e. The SMILES string of the molecule is Cn1cc(-c2ccc(CN3C(=O)C4(CCN(C(O)C5CC5)C4)c4ccccc43)c(F)c2)cn1. The molecule has 1 saturated heterocycles. The van der Waals surface area contributed by atoms with Crippen LogP contribution in [0, 0.1) is 11.7 Å². The largest absolute Gasteiger partial charge is 0.378 e. The van der Waals surface area contributed by atoms with Gasteiger partial charge in [0.1, 0.15) is 12.0 Å². The Bertz CT molecular complexity index is 1240. The van der Waals surface area contributed by atoms with Crippen LogP contribution in [0.15, 0.2) is 54.9 Å². The number of aliphatic hydroxyl groups excluding tert-OH is 1. The van der Waals surface area contributed by atoms with Gasteiger partial charge in [0.25, 0.3) is 0 Å². The molecule has 0 bridgehead atoms. The smallest absolute Gasteiger partial charge is 0.239 e. The molecule has 2 atom stereocenters. The fourth-order valence-corrected chi connectivity index (χ4v) is 5.50. The number of aliphatic hydroxyl groups is 1. The molecule has 2 aromatic carbocycles. The molecular weight excluding hydrogens is 419 g/mol. The van der Waals surface area contributed by atoms with Gasteiger partial charge in [0.15, 0.2) is 0 Å². The van der Waals surface area contributed by atoms with Crippen molar-refractivity contribution in [3.63, 3.8) is 0 Å². The molecule has 170 valence electrons. The maximum atomic E-state index is 15.1. The van der Waals surface area contributed by atoms with E-state index in [1.165, 1.54) is 6.07 Å². The van der Waals surface area contributed by atoms with Gasteiger partial charge in [-0.05, 0) is 48.4 Å². The molecule has 0 radical (unpaired) electrons. The molecule has 6 nitrogen and oxygen atoms in total. The average molecular weight is 447 g/mol. The summed E-state index contributed by atoms with van der Waals surface area (Å²) in [5.74, 6) is 0.000137. The predicted molar refractivity (Wildman–Crippen MR) is 123 cm³/mol. The van der Waals surface area contributed by atoms with Gasteiger partial charge >= 0.3 is 0 Å². The Kier molecular flexibility index (Phi) is 4.67. The molecule has 1 aromatic heterocycles. The lowest BCUT2D eigenvalue weighted by Crippen LogP contribution is -2.44. The number of anilines is 1. The van der Waals surface area contributed by atoms with E-state index in [0.717, 1.165) is 35.2 Å². The Hall–Kier alpha value is -3.03. The predicted octanol–water partition coefficient (Wildman–Crippen LogP) is 3.44. The summed E-state index contributed by atoms with van der Waals surface area (Å²) < 4.78 is 16.8. The van der Waals surface area contributed by atoms with Gasteiger partial charge in [0.2, 0.25) is 5.91 Å². The number of para-hydroxylation sites is 1. The number of aryl methyl sites for hydroxylation is 1. The Morgan fingerprint density at radius 2 is 2.03 bits per heavy atom. The van der Waals surface area contributed by atoms with Crippen molar-refractivity contribution in [3.8, 4) is 11.1 Å². The van der Waals surface area contributed by atoms with Gasteiger partial charge in [-0.3, -0.25) is 14.4 Å². The zero-order chi connectivity index (χ0) is 22.7. The second-order valence-corrected chi connectivity index (χ2v) is 9.67. The molecule has 2 aliphatic heterocycles. The Balaban J connectivity index is 1.30. The number of hydrogen-bond acceptors (Lipinski definition) is 4. The number of halogens is 1. The van der Waals surface area contributed by atoms with Crippen molar-refractivity contribution in [2.24, 2.45) is 13.0 Å².